The molecule has 30 heavy (non-hydrogen) atoms. The Kier molecular flexibility index (Phi) is 5.16. The highest BCUT2D eigenvalue weighted by atomic mass is 35.5. The highest BCUT2D eigenvalue weighted by molar-refractivity contribution is 6.31. The van der Waals surface area contributed by atoms with E-state index in [0.29, 0.717) is 21.8 Å². The van der Waals surface area contributed by atoms with Gasteiger partial charge in [0.1, 0.15) is 0 Å². The Morgan fingerprint density at radius 3 is 2.17 bits per heavy atom. The van der Waals surface area contributed by atoms with Crippen LogP contribution in [0.15, 0.2) is 66.7 Å². The number of halogens is 1. The van der Waals surface area contributed by atoms with Gasteiger partial charge in [0.2, 0.25) is 0 Å². The van der Waals surface area contributed by atoms with Crippen molar-refractivity contribution >= 4 is 40.7 Å². The minimum Gasteiger partial charge on any atom is -0.452 e. The Labute approximate surface area is 176 Å². The largest absolute Gasteiger partial charge is 0.452 e. The van der Waals surface area contributed by atoms with Gasteiger partial charge >= 0.3 is 5.97 Å². The monoisotopic (exact) mass is 419 g/mol. The number of carbonyl (C=O) groups excluding carboxylic acids is 4. The molecule has 1 aliphatic rings. The molecule has 148 valence electrons. The van der Waals surface area contributed by atoms with Gasteiger partial charge in [0.25, 0.3) is 5.91 Å². The topological polar surface area (TPSA) is 89.5 Å². The third-order valence-electron chi connectivity index (χ3n) is 4.60. The van der Waals surface area contributed by atoms with E-state index in [0.717, 1.165) is 0 Å². The van der Waals surface area contributed by atoms with Crippen LogP contribution >= 0.6 is 11.6 Å². The molecule has 0 spiro atoms. The molecule has 1 amide bonds. The van der Waals surface area contributed by atoms with Gasteiger partial charge in [-0.1, -0.05) is 41.9 Å². The zero-order chi connectivity index (χ0) is 21.3. The average Bonchev–Trinajstić information content (AvgIpc) is 2.76. The van der Waals surface area contributed by atoms with Gasteiger partial charge in [-0.15, -0.1) is 0 Å². The van der Waals surface area contributed by atoms with E-state index in [1.54, 1.807) is 36.4 Å². The molecule has 0 saturated carbocycles. The molecule has 0 heterocycles. The second kappa shape index (κ2) is 7.93. The molecule has 4 rings (SSSR count). The van der Waals surface area contributed by atoms with Crippen molar-refractivity contribution in [2.24, 2.45) is 0 Å². The van der Waals surface area contributed by atoms with Crippen LogP contribution < -0.4 is 5.32 Å². The van der Waals surface area contributed by atoms with Crippen LogP contribution in [0.25, 0.3) is 0 Å². The number of hydrogen-bond acceptors (Lipinski definition) is 5. The first-order chi connectivity index (χ1) is 14.4. The predicted molar refractivity (Wildman–Crippen MR) is 110 cm³/mol. The van der Waals surface area contributed by atoms with Crippen molar-refractivity contribution in [1.29, 1.82) is 0 Å². The Balaban J connectivity index is 1.46. The number of benzene rings is 3. The molecule has 0 fully saturated rings. The molecular weight excluding hydrogens is 406 g/mol. The van der Waals surface area contributed by atoms with Crippen LogP contribution in [-0.4, -0.2) is 30.0 Å². The summed E-state index contributed by atoms with van der Waals surface area (Å²) < 4.78 is 4.98. The van der Waals surface area contributed by atoms with Crippen LogP contribution in [0.3, 0.4) is 0 Å². The smallest absolute Gasteiger partial charge is 0.338 e. The lowest BCUT2D eigenvalue weighted by atomic mass is 9.84. The van der Waals surface area contributed by atoms with Crippen molar-refractivity contribution in [2.45, 2.75) is 0 Å². The van der Waals surface area contributed by atoms with Crippen molar-refractivity contribution < 1.29 is 23.9 Å². The quantitative estimate of drug-likeness (QED) is 0.506. The van der Waals surface area contributed by atoms with E-state index in [1.807, 2.05) is 0 Å². The van der Waals surface area contributed by atoms with Gasteiger partial charge in [-0.25, -0.2) is 4.79 Å². The first-order valence-electron chi connectivity index (χ1n) is 8.99. The molecule has 6 nitrogen and oxygen atoms in total. The Hall–Kier alpha value is -3.77. The van der Waals surface area contributed by atoms with Crippen molar-refractivity contribution in [3.05, 3.63) is 99.6 Å². The van der Waals surface area contributed by atoms with Crippen molar-refractivity contribution in [1.82, 2.24) is 0 Å². The molecule has 0 radical (unpaired) electrons. The number of ether oxygens (including phenoxy) is 1. The molecule has 1 N–H and O–H groups in total. The number of fused-ring (bicyclic) bond motifs is 2. The molecule has 3 aromatic carbocycles. The molecule has 0 bridgehead atoms. The zero-order valence-electron chi connectivity index (χ0n) is 15.5. The van der Waals surface area contributed by atoms with Gasteiger partial charge in [0, 0.05) is 33.0 Å². The fraction of sp³-hybridized carbons (Fsp3) is 0.0435. The maximum Gasteiger partial charge on any atom is 0.338 e. The number of esters is 1. The van der Waals surface area contributed by atoms with Gasteiger partial charge in [0.15, 0.2) is 18.2 Å². The van der Waals surface area contributed by atoms with Gasteiger partial charge in [-0.05, 0) is 36.4 Å². The van der Waals surface area contributed by atoms with Gasteiger partial charge in [0.05, 0.1) is 5.56 Å². The van der Waals surface area contributed by atoms with Crippen LogP contribution in [0.2, 0.25) is 5.02 Å². The molecular formula is C23H14ClNO5. The van der Waals surface area contributed by atoms with Crippen LogP contribution in [0.1, 0.15) is 42.2 Å². The molecule has 0 saturated heterocycles. The second-order valence-electron chi connectivity index (χ2n) is 6.60. The summed E-state index contributed by atoms with van der Waals surface area (Å²) in [5.74, 6) is -1.80. The van der Waals surface area contributed by atoms with E-state index in [2.05, 4.69) is 5.32 Å². The maximum atomic E-state index is 12.7. The number of ketones is 2. The van der Waals surface area contributed by atoms with E-state index in [9.17, 15) is 19.2 Å². The highest BCUT2D eigenvalue weighted by Gasteiger charge is 2.29. The van der Waals surface area contributed by atoms with Crippen LogP contribution in [0.5, 0.6) is 0 Å². The molecule has 7 heteroatoms. The second-order valence-corrected chi connectivity index (χ2v) is 7.04. The Morgan fingerprint density at radius 1 is 0.800 bits per heavy atom. The van der Waals surface area contributed by atoms with E-state index in [4.69, 9.17) is 16.3 Å². The minimum atomic E-state index is -0.685. The standard InChI is InChI=1S/C23H14ClNO5/c24-14-5-3-4-13(10-14)23(29)30-12-20(26)25-15-8-9-18-19(11-15)22(28)17-7-2-1-6-16(17)21(18)27/h1-11H,12H2,(H,25,26). The molecule has 0 aliphatic heterocycles. The summed E-state index contributed by atoms with van der Waals surface area (Å²) in [5, 5.41) is 2.94. The third-order valence-corrected chi connectivity index (χ3v) is 4.84. The predicted octanol–water partition coefficient (Wildman–Crippen LogP) is 3.91. The third kappa shape index (κ3) is 3.73. The van der Waals surface area contributed by atoms with Gasteiger partial charge in [-0.3, -0.25) is 14.4 Å². The summed E-state index contributed by atoms with van der Waals surface area (Å²) in [5.41, 5.74) is 1.73. The number of anilines is 1. The van der Waals surface area contributed by atoms with Gasteiger partial charge in [-0.2, -0.15) is 0 Å². The summed E-state index contributed by atoms with van der Waals surface area (Å²) in [7, 11) is 0. The summed E-state index contributed by atoms with van der Waals surface area (Å²) in [4.78, 5) is 49.5. The lowest BCUT2D eigenvalue weighted by molar-refractivity contribution is -0.119. The first-order valence-corrected chi connectivity index (χ1v) is 9.37. The maximum absolute atomic E-state index is 12.7. The summed E-state index contributed by atoms with van der Waals surface area (Å²) in [6.45, 7) is -0.516. The summed E-state index contributed by atoms with van der Waals surface area (Å²) >= 11 is 5.83. The van der Waals surface area contributed by atoms with E-state index in [1.165, 1.54) is 30.3 Å². The Bertz CT molecular complexity index is 1220. The molecule has 1 aliphatic carbocycles. The molecule has 3 aromatic rings. The van der Waals surface area contributed by atoms with E-state index < -0.39 is 18.5 Å². The van der Waals surface area contributed by atoms with Crippen LogP contribution in [0.4, 0.5) is 5.69 Å². The van der Waals surface area contributed by atoms with Crippen LogP contribution in [-0.2, 0) is 9.53 Å². The molecule has 0 atom stereocenters. The first kappa shape index (κ1) is 19.5. The van der Waals surface area contributed by atoms with E-state index >= 15 is 0 Å². The SMILES string of the molecule is O=C(COC(=O)c1cccc(Cl)c1)Nc1ccc2c(c1)C(=O)c1ccccc1C2=O. The van der Waals surface area contributed by atoms with Crippen molar-refractivity contribution in [3.8, 4) is 0 Å². The number of amides is 1. The lowest BCUT2D eigenvalue weighted by Crippen LogP contribution is -2.23. The van der Waals surface area contributed by atoms with Gasteiger partial charge < -0.3 is 10.1 Å². The van der Waals surface area contributed by atoms with Crippen molar-refractivity contribution in [3.63, 3.8) is 0 Å². The minimum absolute atomic E-state index is 0.215. The summed E-state index contributed by atoms with van der Waals surface area (Å²) in [6.07, 6.45) is 0. The molecule has 0 unspecified atom stereocenters. The number of nitrogens with one attached hydrogen (secondary N) is 1. The number of rotatable bonds is 4. The lowest BCUT2D eigenvalue weighted by Gasteiger charge is -2.18. The highest BCUT2D eigenvalue weighted by Crippen LogP contribution is 2.29. The van der Waals surface area contributed by atoms with Crippen LogP contribution in [0, 0.1) is 0 Å². The fourth-order valence-corrected chi connectivity index (χ4v) is 3.39. The normalized spacial score (nSPS) is 12.0. The van der Waals surface area contributed by atoms with E-state index in [-0.39, 0.29) is 28.3 Å². The summed E-state index contributed by atoms with van der Waals surface area (Å²) in [6, 6.07) is 17.2. The number of carbonyl (C=O) groups is 4. The molecule has 0 aromatic heterocycles. The Morgan fingerprint density at radius 2 is 1.47 bits per heavy atom. The van der Waals surface area contributed by atoms with Crippen molar-refractivity contribution in [2.75, 3.05) is 11.9 Å². The zero-order valence-corrected chi connectivity index (χ0v) is 16.2. The average molecular weight is 420 g/mol. The fourth-order valence-electron chi connectivity index (χ4n) is 3.20. The number of hydrogen-bond donors (Lipinski definition) is 1.